The summed E-state index contributed by atoms with van der Waals surface area (Å²) in [6, 6.07) is 2.22. The summed E-state index contributed by atoms with van der Waals surface area (Å²) in [4.78, 5) is 12.7. The molecule has 2 aromatic rings. The van der Waals surface area contributed by atoms with Gasteiger partial charge in [-0.3, -0.25) is 4.79 Å². The van der Waals surface area contributed by atoms with Crippen molar-refractivity contribution in [3.05, 3.63) is 33.9 Å². The van der Waals surface area contributed by atoms with Gasteiger partial charge in [0.2, 0.25) is 0 Å². The first-order valence-electron chi connectivity index (χ1n) is 9.25. The third kappa shape index (κ3) is 2.79. The highest BCUT2D eigenvalue weighted by Gasteiger charge is 2.46. The van der Waals surface area contributed by atoms with Crippen LogP contribution >= 0.6 is 0 Å². The number of rotatable bonds is 4. The molecule has 1 saturated heterocycles. The Bertz CT molecular complexity index is 1020. The van der Waals surface area contributed by atoms with Gasteiger partial charge in [0.05, 0.1) is 5.69 Å². The molecule has 26 heavy (non-hydrogen) atoms. The second-order valence-corrected chi connectivity index (χ2v) is 10.4. The summed E-state index contributed by atoms with van der Waals surface area (Å²) < 4.78 is 25.6. The van der Waals surface area contributed by atoms with E-state index in [1.165, 1.54) is 10.8 Å². The third-order valence-corrected chi connectivity index (χ3v) is 7.32. The van der Waals surface area contributed by atoms with Gasteiger partial charge in [-0.25, -0.2) is 13.3 Å². The molecule has 2 aliphatic rings. The highest BCUT2D eigenvalue weighted by Crippen LogP contribution is 2.44. The van der Waals surface area contributed by atoms with E-state index in [1.807, 2.05) is 37.3 Å². The molecule has 1 aliphatic heterocycles. The van der Waals surface area contributed by atoms with Gasteiger partial charge in [0.25, 0.3) is 5.56 Å². The van der Waals surface area contributed by atoms with E-state index in [4.69, 9.17) is 4.78 Å². The van der Waals surface area contributed by atoms with Crippen LogP contribution in [-0.4, -0.2) is 41.5 Å². The minimum absolute atomic E-state index is 0.0293. The monoisotopic (exact) mass is 377 g/mol. The molecule has 7 nitrogen and oxygen atoms in total. The largest absolute Gasteiger partial charge is 0.332 e. The van der Waals surface area contributed by atoms with Crippen LogP contribution in [0.25, 0.3) is 5.65 Å². The fourth-order valence-corrected chi connectivity index (χ4v) is 5.93. The quantitative estimate of drug-likeness (QED) is 0.887. The van der Waals surface area contributed by atoms with Crippen molar-refractivity contribution in [2.75, 3.05) is 12.8 Å². The van der Waals surface area contributed by atoms with Crippen molar-refractivity contribution in [3.8, 4) is 0 Å². The van der Waals surface area contributed by atoms with Crippen molar-refractivity contribution < 1.29 is 4.21 Å². The molecule has 1 unspecified atom stereocenters. The lowest BCUT2D eigenvalue weighted by Gasteiger charge is -2.31. The minimum Gasteiger partial charge on any atom is -0.332 e. The maximum Gasteiger partial charge on any atom is 0.277 e. The molecular weight excluding hydrogens is 350 g/mol. The molecule has 2 bridgehead atoms. The van der Waals surface area contributed by atoms with Crippen molar-refractivity contribution in [2.24, 2.45) is 11.8 Å². The number of nitrogens with one attached hydrogen (secondary N) is 1. The number of fused-ring (bicyclic) bond motifs is 3. The fraction of sp³-hybridized carbons (Fsp3) is 0.667. The van der Waals surface area contributed by atoms with Crippen LogP contribution in [0.15, 0.2) is 17.1 Å². The molecule has 3 heterocycles. The summed E-state index contributed by atoms with van der Waals surface area (Å²) in [5, 5.41) is 4.40. The van der Waals surface area contributed by atoms with E-state index in [0.717, 1.165) is 42.8 Å². The predicted molar refractivity (Wildman–Crippen MR) is 102 cm³/mol. The van der Waals surface area contributed by atoms with E-state index in [0.29, 0.717) is 11.8 Å². The van der Waals surface area contributed by atoms with Gasteiger partial charge in [0.15, 0.2) is 0 Å². The average Bonchev–Trinajstić information content (AvgIpc) is 3.22. The van der Waals surface area contributed by atoms with Crippen LogP contribution in [0.1, 0.15) is 43.9 Å². The van der Waals surface area contributed by atoms with Gasteiger partial charge in [-0.1, -0.05) is 13.8 Å². The van der Waals surface area contributed by atoms with Gasteiger partial charge >= 0.3 is 0 Å². The Morgan fingerprint density at radius 1 is 1.38 bits per heavy atom. The van der Waals surface area contributed by atoms with Crippen LogP contribution in [0.2, 0.25) is 0 Å². The maximum atomic E-state index is 12.7. The zero-order valence-corrected chi connectivity index (χ0v) is 16.6. The molecule has 1 aliphatic carbocycles. The number of aromatic nitrogens is 3. The van der Waals surface area contributed by atoms with Gasteiger partial charge in [0, 0.05) is 43.2 Å². The Kier molecular flexibility index (Phi) is 4.04. The lowest BCUT2D eigenvalue weighted by molar-refractivity contribution is 0.248. The molecule has 1 N–H and O–H groups in total. The molecule has 0 radical (unpaired) electrons. The zero-order valence-electron chi connectivity index (χ0n) is 15.8. The van der Waals surface area contributed by atoms with Crippen molar-refractivity contribution in [3.63, 3.8) is 0 Å². The van der Waals surface area contributed by atoms with Gasteiger partial charge in [-0.15, -0.1) is 0 Å². The van der Waals surface area contributed by atoms with Crippen LogP contribution in [-0.2, 0) is 16.5 Å². The Balaban J connectivity index is 1.67. The third-order valence-electron chi connectivity index (χ3n) is 5.98. The highest BCUT2D eigenvalue weighted by molar-refractivity contribution is 7.89. The van der Waals surface area contributed by atoms with Crippen LogP contribution < -0.4 is 5.56 Å². The van der Waals surface area contributed by atoms with E-state index in [-0.39, 0.29) is 17.5 Å². The normalized spacial score (nSPS) is 28.3. The molecular formula is C18H27N5O2S. The molecule has 4 rings (SSSR count). The molecule has 142 valence electrons. The molecule has 0 amide bonds. The van der Waals surface area contributed by atoms with E-state index < -0.39 is 9.92 Å². The van der Waals surface area contributed by atoms with Gasteiger partial charge in [-0.05, 0) is 37.5 Å². The van der Waals surface area contributed by atoms with Crippen LogP contribution in [0.3, 0.4) is 0 Å². The SMILES string of the molecule is Cc1cc2n(C[C@H]3C[C@H]4C[C@@H]3CN4S(C)(=N)=O)cc(C(C)C)c(=O)n2n1. The van der Waals surface area contributed by atoms with E-state index >= 15 is 0 Å². The topological polar surface area (TPSA) is 83.5 Å². The van der Waals surface area contributed by atoms with Crippen LogP contribution in [0, 0.1) is 23.5 Å². The number of aryl methyl sites for hydroxylation is 1. The smallest absolute Gasteiger partial charge is 0.277 e. The summed E-state index contributed by atoms with van der Waals surface area (Å²) in [6.07, 6.45) is 5.52. The molecule has 0 aromatic carbocycles. The summed E-state index contributed by atoms with van der Waals surface area (Å²) in [6.45, 7) is 7.56. The minimum atomic E-state index is -2.61. The molecule has 2 aromatic heterocycles. The van der Waals surface area contributed by atoms with Gasteiger partial charge in [-0.2, -0.15) is 9.61 Å². The molecule has 8 heteroatoms. The Hall–Kier alpha value is -1.67. The van der Waals surface area contributed by atoms with Crippen molar-refractivity contribution in [2.45, 2.75) is 52.1 Å². The first kappa shape index (κ1) is 17.7. The highest BCUT2D eigenvalue weighted by atomic mass is 32.2. The van der Waals surface area contributed by atoms with E-state index in [2.05, 4.69) is 9.67 Å². The van der Waals surface area contributed by atoms with Crippen molar-refractivity contribution in [1.82, 2.24) is 18.5 Å². The molecule has 2 fully saturated rings. The summed E-state index contributed by atoms with van der Waals surface area (Å²) in [5.41, 5.74) is 2.44. The average molecular weight is 378 g/mol. The van der Waals surface area contributed by atoms with Gasteiger partial charge < -0.3 is 4.57 Å². The second kappa shape index (κ2) is 5.92. The number of hydrogen-bond donors (Lipinski definition) is 1. The number of piperidine rings is 1. The maximum absolute atomic E-state index is 12.7. The lowest BCUT2D eigenvalue weighted by Crippen LogP contribution is -2.39. The van der Waals surface area contributed by atoms with Gasteiger partial charge in [0.1, 0.15) is 15.6 Å². The van der Waals surface area contributed by atoms with Crippen molar-refractivity contribution >= 4 is 15.6 Å². The summed E-state index contributed by atoms with van der Waals surface area (Å²) >= 11 is 0. The van der Waals surface area contributed by atoms with Crippen LogP contribution in [0.4, 0.5) is 0 Å². The standard InChI is InChI=1S/C18H27N5O2S/c1-11(2)16-10-21(17-5-12(3)20-23(17)18(16)24)8-13-6-15-7-14(13)9-22(15)26(4,19)25/h5,10-11,13-15,19H,6-9H2,1-4H3/t13-,14-,15+,26?/m1/s1. The Morgan fingerprint density at radius 2 is 2.12 bits per heavy atom. The summed E-state index contributed by atoms with van der Waals surface area (Å²) in [5.74, 6) is 1.10. The van der Waals surface area contributed by atoms with Crippen LogP contribution in [0.5, 0.6) is 0 Å². The Labute approximate surface area is 154 Å². The Morgan fingerprint density at radius 3 is 2.69 bits per heavy atom. The lowest BCUT2D eigenvalue weighted by atomic mass is 9.95. The first-order valence-corrected chi connectivity index (χ1v) is 11.2. The predicted octanol–water partition coefficient (Wildman–Crippen LogP) is 2.23. The van der Waals surface area contributed by atoms with Crippen molar-refractivity contribution in [1.29, 1.82) is 4.78 Å². The first-order chi connectivity index (χ1) is 12.1. The molecule has 4 atom stereocenters. The van der Waals surface area contributed by atoms with E-state index in [9.17, 15) is 9.00 Å². The van der Waals surface area contributed by atoms with E-state index in [1.54, 1.807) is 0 Å². The molecule has 0 spiro atoms. The zero-order chi connectivity index (χ0) is 18.8. The molecule has 1 saturated carbocycles. The summed E-state index contributed by atoms with van der Waals surface area (Å²) in [7, 11) is -2.61. The number of hydrogen-bond acceptors (Lipinski definition) is 4. The fourth-order valence-electron chi connectivity index (χ4n) is 4.72. The second-order valence-electron chi connectivity index (χ2n) is 8.30. The number of nitrogens with zero attached hydrogens (tertiary/aromatic N) is 4.